The van der Waals surface area contributed by atoms with Crippen LogP contribution in [0.2, 0.25) is 0 Å². The molecular formula is C6H9ClN2O2. The van der Waals surface area contributed by atoms with Gasteiger partial charge in [0, 0.05) is 0 Å². The van der Waals surface area contributed by atoms with Gasteiger partial charge in [-0.2, -0.15) is 0 Å². The summed E-state index contributed by atoms with van der Waals surface area (Å²) in [5.41, 5.74) is -0.807. The molecule has 0 aliphatic carbocycles. The number of nitrogens with one attached hydrogen (secondary N) is 1. The van der Waals surface area contributed by atoms with Crippen molar-refractivity contribution in [2.24, 2.45) is 0 Å². The first-order chi connectivity index (χ1) is 5.00. The van der Waals surface area contributed by atoms with Gasteiger partial charge in [0.05, 0.1) is 6.00 Å². The van der Waals surface area contributed by atoms with Gasteiger partial charge in [-0.05, 0) is 13.8 Å². The van der Waals surface area contributed by atoms with Crippen molar-refractivity contribution >= 4 is 23.5 Å². The van der Waals surface area contributed by atoms with E-state index >= 15 is 0 Å². The van der Waals surface area contributed by atoms with Gasteiger partial charge in [0.2, 0.25) is 0 Å². The summed E-state index contributed by atoms with van der Waals surface area (Å²) in [5, 5.41) is 2.17. The van der Waals surface area contributed by atoms with Crippen molar-refractivity contribution in [1.82, 2.24) is 10.2 Å². The number of urea groups is 1. The number of rotatable bonds is 1. The molecule has 1 rings (SSSR count). The van der Waals surface area contributed by atoms with E-state index in [9.17, 15) is 9.59 Å². The molecule has 4 nitrogen and oxygen atoms in total. The maximum atomic E-state index is 11.0. The monoisotopic (exact) mass is 176 g/mol. The smallest absolute Gasteiger partial charge is 0.297 e. The Morgan fingerprint density at radius 3 is 2.27 bits per heavy atom. The summed E-state index contributed by atoms with van der Waals surface area (Å²) < 4.78 is 0. The normalized spacial score (nSPS) is 22.3. The molecule has 62 valence electrons. The molecule has 0 atom stereocenters. The molecule has 3 amide bonds. The van der Waals surface area contributed by atoms with Gasteiger partial charge >= 0.3 is 6.03 Å². The number of hydrogen-bond acceptors (Lipinski definition) is 2. The zero-order chi connectivity index (χ0) is 8.65. The largest absolute Gasteiger partial charge is 0.325 e. The lowest BCUT2D eigenvalue weighted by Gasteiger charge is -2.24. The van der Waals surface area contributed by atoms with E-state index in [1.807, 2.05) is 0 Å². The predicted octanol–water partition coefficient (Wildman–Crippen LogP) is 0.513. The van der Waals surface area contributed by atoms with Crippen LogP contribution < -0.4 is 5.32 Å². The van der Waals surface area contributed by atoms with Crippen LogP contribution in [0.5, 0.6) is 0 Å². The summed E-state index contributed by atoms with van der Waals surface area (Å²) in [6.45, 7) is 3.30. The van der Waals surface area contributed by atoms with E-state index in [0.29, 0.717) is 0 Å². The average Bonchev–Trinajstić information content (AvgIpc) is 2.04. The van der Waals surface area contributed by atoms with E-state index in [-0.39, 0.29) is 11.9 Å². The third-order valence-electron chi connectivity index (χ3n) is 1.82. The third-order valence-corrected chi connectivity index (χ3v) is 2.05. The van der Waals surface area contributed by atoms with Crippen LogP contribution in [0.4, 0.5) is 4.79 Å². The van der Waals surface area contributed by atoms with E-state index < -0.39 is 11.6 Å². The number of nitrogens with zero attached hydrogens (tertiary/aromatic N) is 1. The number of alkyl halides is 1. The number of carbonyl (C=O) groups is 2. The van der Waals surface area contributed by atoms with Crippen LogP contribution in [0.15, 0.2) is 0 Å². The second-order valence-corrected chi connectivity index (χ2v) is 3.10. The molecule has 1 saturated heterocycles. The number of halogens is 1. The Hall–Kier alpha value is -0.770. The molecule has 1 N–H and O–H groups in total. The van der Waals surface area contributed by atoms with Crippen molar-refractivity contribution in [1.29, 1.82) is 0 Å². The first kappa shape index (κ1) is 8.33. The van der Waals surface area contributed by atoms with Gasteiger partial charge in [0.1, 0.15) is 5.54 Å². The van der Waals surface area contributed by atoms with Gasteiger partial charge in [-0.15, -0.1) is 11.6 Å². The Morgan fingerprint density at radius 1 is 1.55 bits per heavy atom. The molecule has 0 aromatic heterocycles. The van der Waals surface area contributed by atoms with E-state index in [0.717, 1.165) is 0 Å². The predicted molar refractivity (Wildman–Crippen MR) is 40.2 cm³/mol. The summed E-state index contributed by atoms with van der Waals surface area (Å²) in [6, 6.07) is -0.389. The maximum Gasteiger partial charge on any atom is 0.325 e. The molecule has 5 heteroatoms. The third kappa shape index (κ3) is 1.07. The van der Waals surface area contributed by atoms with E-state index in [1.165, 1.54) is 4.90 Å². The molecule has 1 aliphatic rings. The zero-order valence-electron chi connectivity index (χ0n) is 6.35. The minimum atomic E-state index is -0.807. The van der Waals surface area contributed by atoms with Crippen LogP contribution in [-0.4, -0.2) is 28.4 Å². The van der Waals surface area contributed by atoms with Crippen molar-refractivity contribution in [3.05, 3.63) is 0 Å². The Kier molecular flexibility index (Phi) is 1.80. The molecule has 0 radical (unpaired) electrons. The van der Waals surface area contributed by atoms with Crippen LogP contribution in [0.3, 0.4) is 0 Å². The van der Waals surface area contributed by atoms with Crippen molar-refractivity contribution in [2.45, 2.75) is 19.4 Å². The minimum Gasteiger partial charge on any atom is -0.297 e. The topological polar surface area (TPSA) is 49.4 Å². The first-order valence-electron chi connectivity index (χ1n) is 3.19. The van der Waals surface area contributed by atoms with E-state index in [1.54, 1.807) is 13.8 Å². The van der Waals surface area contributed by atoms with Crippen LogP contribution in [0, 0.1) is 0 Å². The lowest BCUT2D eigenvalue weighted by Crippen LogP contribution is -2.43. The van der Waals surface area contributed by atoms with Crippen molar-refractivity contribution < 1.29 is 9.59 Å². The molecule has 1 fully saturated rings. The van der Waals surface area contributed by atoms with Crippen LogP contribution in [0.25, 0.3) is 0 Å². The Balaban J connectivity index is 2.93. The lowest BCUT2D eigenvalue weighted by molar-refractivity contribution is -0.124. The summed E-state index contributed by atoms with van der Waals surface area (Å²) in [5.74, 6) is -0.303. The highest BCUT2D eigenvalue weighted by Crippen LogP contribution is 2.20. The van der Waals surface area contributed by atoms with E-state index in [2.05, 4.69) is 5.32 Å². The molecule has 11 heavy (non-hydrogen) atoms. The number of carbonyl (C=O) groups excluding carboxylic acids is 2. The Morgan fingerprint density at radius 2 is 2.09 bits per heavy atom. The molecule has 0 bridgehead atoms. The van der Waals surface area contributed by atoms with Gasteiger partial charge in [-0.3, -0.25) is 15.0 Å². The van der Waals surface area contributed by atoms with Gasteiger partial charge < -0.3 is 0 Å². The van der Waals surface area contributed by atoms with Gasteiger partial charge in [0.25, 0.3) is 5.91 Å². The quantitative estimate of drug-likeness (QED) is 0.360. The fourth-order valence-electron chi connectivity index (χ4n) is 0.898. The van der Waals surface area contributed by atoms with Gasteiger partial charge in [-0.1, -0.05) is 0 Å². The van der Waals surface area contributed by atoms with Crippen molar-refractivity contribution in [2.75, 3.05) is 6.00 Å². The highest BCUT2D eigenvalue weighted by molar-refractivity contribution is 6.20. The molecule has 0 spiro atoms. The van der Waals surface area contributed by atoms with Crippen LogP contribution in [0.1, 0.15) is 13.8 Å². The minimum absolute atomic E-state index is 0.0323. The van der Waals surface area contributed by atoms with Gasteiger partial charge in [0.15, 0.2) is 0 Å². The lowest BCUT2D eigenvalue weighted by atomic mass is 10.1. The van der Waals surface area contributed by atoms with E-state index in [4.69, 9.17) is 11.6 Å². The van der Waals surface area contributed by atoms with Crippen molar-refractivity contribution in [3.63, 3.8) is 0 Å². The maximum absolute atomic E-state index is 11.0. The number of hydrogen-bond donors (Lipinski definition) is 1. The molecule has 1 aliphatic heterocycles. The van der Waals surface area contributed by atoms with Crippen molar-refractivity contribution in [3.8, 4) is 0 Å². The average molecular weight is 177 g/mol. The fourth-order valence-corrected chi connectivity index (χ4v) is 1.31. The summed E-state index contributed by atoms with van der Waals surface area (Å²) >= 11 is 5.47. The van der Waals surface area contributed by atoms with Crippen LogP contribution in [-0.2, 0) is 4.79 Å². The van der Waals surface area contributed by atoms with Crippen LogP contribution >= 0.6 is 11.6 Å². The zero-order valence-corrected chi connectivity index (χ0v) is 7.10. The summed E-state index contributed by atoms with van der Waals surface area (Å²) in [4.78, 5) is 23.3. The summed E-state index contributed by atoms with van der Waals surface area (Å²) in [6.07, 6.45) is 0. The highest BCUT2D eigenvalue weighted by Gasteiger charge is 2.44. The molecule has 0 unspecified atom stereocenters. The second-order valence-electron chi connectivity index (χ2n) is 2.87. The van der Waals surface area contributed by atoms with Gasteiger partial charge in [-0.25, -0.2) is 4.79 Å². The number of amides is 3. The Bertz CT molecular complexity index is 215. The first-order valence-corrected chi connectivity index (χ1v) is 3.72. The summed E-state index contributed by atoms with van der Waals surface area (Å²) in [7, 11) is 0. The highest BCUT2D eigenvalue weighted by atomic mass is 35.5. The molecule has 1 heterocycles. The number of imide groups is 1. The second kappa shape index (κ2) is 2.37. The molecular weight excluding hydrogens is 168 g/mol. The SMILES string of the molecule is CC1(C)C(=O)NC(=O)N1CCl. The molecule has 0 saturated carbocycles. The molecule has 0 aromatic carbocycles. The Labute approximate surface area is 69.5 Å². The standard InChI is InChI=1S/C6H9ClN2O2/c1-6(2)4(10)8-5(11)9(6)3-7/h3H2,1-2H3,(H,8,10,11). The fraction of sp³-hybridized carbons (Fsp3) is 0.667. The molecule has 0 aromatic rings.